The summed E-state index contributed by atoms with van der Waals surface area (Å²) >= 11 is 0. The van der Waals surface area contributed by atoms with Crippen LogP contribution in [0.25, 0.3) is 0 Å². The van der Waals surface area contributed by atoms with Gasteiger partial charge in [0.1, 0.15) is 0 Å². The summed E-state index contributed by atoms with van der Waals surface area (Å²) in [4.78, 5) is 12.0. The van der Waals surface area contributed by atoms with Crippen molar-refractivity contribution < 1.29 is 4.79 Å². The van der Waals surface area contributed by atoms with Gasteiger partial charge in [0.25, 0.3) is 0 Å². The van der Waals surface area contributed by atoms with Gasteiger partial charge in [0, 0.05) is 11.5 Å². The molecule has 1 N–H and O–H groups in total. The van der Waals surface area contributed by atoms with Crippen LogP contribution in [-0.4, -0.2) is 11.9 Å². The van der Waals surface area contributed by atoms with Crippen LogP contribution in [0.3, 0.4) is 0 Å². The molecule has 0 bridgehead atoms. The number of hydrogen-bond acceptors (Lipinski definition) is 1. The molecule has 0 aromatic rings. The Hall–Kier alpha value is -0.790. The predicted molar refractivity (Wildman–Crippen MR) is 121 cm³/mol. The maximum atomic E-state index is 12.0. The van der Waals surface area contributed by atoms with Crippen LogP contribution in [0.4, 0.5) is 0 Å². The van der Waals surface area contributed by atoms with Crippen LogP contribution in [0.2, 0.25) is 0 Å². The monoisotopic (exact) mass is 399 g/mol. The molecule has 0 unspecified atom stereocenters. The van der Waals surface area contributed by atoms with E-state index in [1.807, 2.05) is 6.08 Å². The van der Waals surface area contributed by atoms with E-state index in [0.29, 0.717) is 11.5 Å². The largest absolute Gasteiger partial charge is 0.349 e. The van der Waals surface area contributed by atoms with Crippen molar-refractivity contribution >= 4 is 5.91 Å². The van der Waals surface area contributed by atoms with E-state index < -0.39 is 0 Å². The summed E-state index contributed by atoms with van der Waals surface area (Å²) in [7, 11) is 0. The fraction of sp³-hybridized carbons (Fsp3) is 0.889. The van der Waals surface area contributed by atoms with Crippen molar-refractivity contribution in [2.24, 2.45) is 52.3 Å². The molecule has 1 aliphatic heterocycles. The normalized spacial score (nSPS) is 47.3. The van der Waals surface area contributed by atoms with Crippen molar-refractivity contribution in [2.75, 3.05) is 0 Å². The summed E-state index contributed by atoms with van der Waals surface area (Å²) in [5.74, 6) is 5.93. The summed E-state index contributed by atoms with van der Waals surface area (Å²) in [6.45, 7) is 14.9. The molecule has 4 aliphatic rings. The topological polar surface area (TPSA) is 29.1 Å². The second-order valence-electron chi connectivity index (χ2n) is 12.3. The first-order chi connectivity index (χ1) is 13.7. The molecule has 4 rings (SSSR count). The molecule has 3 fully saturated rings. The second kappa shape index (κ2) is 7.72. The summed E-state index contributed by atoms with van der Waals surface area (Å²) in [6, 6.07) is 0.341. The maximum absolute atomic E-state index is 12.0. The lowest BCUT2D eigenvalue weighted by Gasteiger charge is -2.61. The smallest absolute Gasteiger partial charge is 0.243 e. The highest BCUT2D eigenvalue weighted by Crippen LogP contribution is 2.67. The van der Waals surface area contributed by atoms with E-state index in [2.05, 4.69) is 52.9 Å². The van der Waals surface area contributed by atoms with E-state index in [1.165, 1.54) is 44.9 Å². The van der Waals surface area contributed by atoms with Crippen LogP contribution in [-0.2, 0) is 4.79 Å². The van der Waals surface area contributed by atoms with Gasteiger partial charge in [0.05, 0.1) is 0 Å². The molecule has 1 heterocycles. The predicted octanol–water partition coefficient (Wildman–Crippen LogP) is 6.61. The third kappa shape index (κ3) is 3.51. The minimum atomic E-state index is 0.120. The number of nitrogens with one attached hydrogen (secondary N) is 1. The fourth-order valence-electron chi connectivity index (χ4n) is 8.71. The third-order valence-corrected chi connectivity index (χ3v) is 10.3. The molecule has 2 heteroatoms. The third-order valence-electron chi connectivity index (χ3n) is 10.3. The first-order valence-corrected chi connectivity index (χ1v) is 12.7. The van der Waals surface area contributed by atoms with Gasteiger partial charge in [-0.3, -0.25) is 4.79 Å². The van der Waals surface area contributed by atoms with Gasteiger partial charge in [-0.2, -0.15) is 0 Å². The number of hydrogen-bond donors (Lipinski definition) is 1. The van der Waals surface area contributed by atoms with Crippen molar-refractivity contribution in [1.82, 2.24) is 5.32 Å². The van der Waals surface area contributed by atoms with Crippen LogP contribution in [0.1, 0.15) is 92.9 Å². The van der Waals surface area contributed by atoms with E-state index in [1.54, 1.807) is 0 Å². The van der Waals surface area contributed by atoms with E-state index in [0.717, 1.165) is 47.8 Å². The summed E-state index contributed by atoms with van der Waals surface area (Å²) in [5, 5.41) is 3.32. The molecule has 1 amide bonds. The van der Waals surface area contributed by atoms with E-state index >= 15 is 0 Å². The van der Waals surface area contributed by atoms with Crippen molar-refractivity contribution in [3.05, 3.63) is 12.2 Å². The Labute approximate surface area is 179 Å². The van der Waals surface area contributed by atoms with Crippen LogP contribution in [0.5, 0.6) is 0 Å². The van der Waals surface area contributed by atoms with Gasteiger partial charge < -0.3 is 5.32 Å². The second-order valence-corrected chi connectivity index (χ2v) is 12.3. The SMILES string of the molecule is CC(C)CCC[C@@H](C)[C@H]1CC[C@H]2[C@@H]3[C@@H](C)C[C@H]4NC(=O)C=C[C@]4(C)[C@H]3CC[C@]12C. The Balaban J connectivity index is 1.53. The van der Waals surface area contributed by atoms with Crippen LogP contribution < -0.4 is 5.32 Å². The van der Waals surface area contributed by atoms with Crippen LogP contribution >= 0.6 is 0 Å². The highest BCUT2D eigenvalue weighted by molar-refractivity contribution is 5.89. The minimum Gasteiger partial charge on any atom is -0.349 e. The molecule has 9 atom stereocenters. The molecule has 2 nitrogen and oxygen atoms in total. The molecule has 0 radical (unpaired) electrons. The molecule has 164 valence electrons. The van der Waals surface area contributed by atoms with Gasteiger partial charge in [0.15, 0.2) is 0 Å². The first kappa shape index (κ1) is 21.4. The van der Waals surface area contributed by atoms with E-state index in [4.69, 9.17) is 0 Å². The minimum absolute atomic E-state index is 0.120. The fourth-order valence-corrected chi connectivity index (χ4v) is 8.71. The van der Waals surface area contributed by atoms with Crippen LogP contribution in [0, 0.1) is 52.3 Å². The van der Waals surface area contributed by atoms with Gasteiger partial charge >= 0.3 is 0 Å². The van der Waals surface area contributed by atoms with Crippen molar-refractivity contribution in [1.29, 1.82) is 0 Å². The van der Waals surface area contributed by atoms with Gasteiger partial charge in [-0.05, 0) is 85.0 Å². The Kier molecular flexibility index (Phi) is 5.71. The lowest BCUT2D eigenvalue weighted by molar-refractivity contribution is -0.126. The number of amides is 1. The highest BCUT2D eigenvalue weighted by atomic mass is 16.1. The average Bonchev–Trinajstić information content (AvgIpc) is 3.00. The summed E-state index contributed by atoms with van der Waals surface area (Å²) in [5.41, 5.74) is 0.699. The quantitative estimate of drug-likeness (QED) is 0.554. The molecular weight excluding hydrogens is 354 g/mol. The Morgan fingerprint density at radius 2 is 1.86 bits per heavy atom. The number of fused-ring (bicyclic) bond motifs is 5. The Morgan fingerprint density at radius 1 is 1.10 bits per heavy atom. The number of carbonyl (C=O) groups excluding carboxylic acids is 1. The lowest BCUT2D eigenvalue weighted by atomic mass is 9.45. The average molecular weight is 400 g/mol. The van der Waals surface area contributed by atoms with E-state index in [-0.39, 0.29) is 11.3 Å². The zero-order valence-corrected chi connectivity index (χ0v) is 19.8. The molecular formula is C27H45NO. The van der Waals surface area contributed by atoms with Crippen LogP contribution in [0.15, 0.2) is 12.2 Å². The Morgan fingerprint density at radius 3 is 2.59 bits per heavy atom. The number of rotatable bonds is 5. The molecule has 3 aliphatic carbocycles. The molecule has 0 saturated heterocycles. The summed E-state index contributed by atoms with van der Waals surface area (Å²) in [6.07, 6.45) is 15.1. The molecule has 0 aromatic carbocycles. The van der Waals surface area contributed by atoms with Gasteiger partial charge in [-0.15, -0.1) is 0 Å². The van der Waals surface area contributed by atoms with Crippen molar-refractivity contribution in [2.45, 2.75) is 99.0 Å². The molecule has 0 aromatic heterocycles. The Bertz CT molecular complexity index is 653. The molecule has 3 saturated carbocycles. The van der Waals surface area contributed by atoms with Crippen molar-refractivity contribution in [3.63, 3.8) is 0 Å². The summed E-state index contributed by atoms with van der Waals surface area (Å²) < 4.78 is 0. The first-order valence-electron chi connectivity index (χ1n) is 12.7. The van der Waals surface area contributed by atoms with E-state index in [9.17, 15) is 4.79 Å². The molecule has 29 heavy (non-hydrogen) atoms. The van der Waals surface area contributed by atoms with Gasteiger partial charge in [-0.1, -0.05) is 66.9 Å². The molecule has 0 spiro atoms. The van der Waals surface area contributed by atoms with Gasteiger partial charge in [-0.25, -0.2) is 0 Å². The standard InChI is InChI=1S/C27H45NO/c1-17(2)8-7-9-18(3)20-10-11-21-25-19(4)16-23-27(6,15-13-24(29)28-23)22(25)12-14-26(20,21)5/h13,15,17-23,25H,7-12,14,16H2,1-6H3,(H,28,29)/t18-,19+,20-,21+,22+,23-,25+,26-,27-/m1/s1. The van der Waals surface area contributed by atoms with Gasteiger partial charge in [0.2, 0.25) is 5.91 Å². The maximum Gasteiger partial charge on any atom is 0.243 e. The highest BCUT2D eigenvalue weighted by Gasteiger charge is 2.61. The lowest BCUT2D eigenvalue weighted by Crippen LogP contribution is -2.61. The zero-order chi connectivity index (χ0) is 21.0. The zero-order valence-electron chi connectivity index (χ0n) is 19.8. The number of carbonyl (C=O) groups is 1. The van der Waals surface area contributed by atoms with Crippen molar-refractivity contribution in [3.8, 4) is 0 Å².